The van der Waals surface area contributed by atoms with Gasteiger partial charge in [-0.1, -0.05) is 23.9 Å². The standard InChI is InChI=1S/C19H23N5O4S/c1-22-16-15(17(26)24(3)19(27)23(16)2)21-18(22)29-9-8-14(25)20-11-12-6-5-7-13(10-12)28-4/h5-7,10H,8-9,11H2,1-4H3,(H,20,25). The summed E-state index contributed by atoms with van der Waals surface area (Å²) in [6.45, 7) is 0.422. The number of rotatable bonds is 7. The van der Waals surface area contributed by atoms with Crippen LogP contribution in [0.15, 0.2) is 39.0 Å². The van der Waals surface area contributed by atoms with E-state index in [9.17, 15) is 14.4 Å². The molecular formula is C19H23N5O4S. The number of hydrogen-bond donors (Lipinski definition) is 1. The lowest BCUT2D eigenvalue weighted by atomic mass is 10.2. The fourth-order valence-corrected chi connectivity index (χ4v) is 3.90. The minimum absolute atomic E-state index is 0.0811. The van der Waals surface area contributed by atoms with Gasteiger partial charge in [-0.15, -0.1) is 0 Å². The molecule has 0 unspecified atom stereocenters. The summed E-state index contributed by atoms with van der Waals surface area (Å²) in [6.07, 6.45) is 0.300. The number of benzene rings is 1. The molecule has 0 atom stereocenters. The van der Waals surface area contributed by atoms with E-state index in [1.807, 2.05) is 24.3 Å². The lowest BCUT2D eigenvalue weighted by Crippen LogP contribution is -2.37. The van der Waals surface area contributed by atoms with Crippen LogP contribution in [-0.4, -0.2) is 37.5 Å². The van der Waals surface area contributed by atoms with Crippen LogP contribution in [0.2, 0.25) is 0 Å². The van der Waals surface area contributed by atoms with Gasteiger partial charge in [0.05, 0.1) is 7.11 Å². The summed E-state index contributed by atoms with van der Waals surface area (Å²) in [5.41, 5.74) is 0.822. The molecule has 0 radical (unpaired) electrons. The molecule has 154 valence electrons. The van der Waals surface area contributed by atoms with E-state index in [4.69, 9.17) is 4.74 Å². The van der Waals surface area contributed by atoms with Gasteiger partial charge in [-0.2, -0.15) is 0 Å². The number of ether oxygens (including phenoxy) is 1. The zero-order valence-corrected chi connectivity index (χ0v) is 17.6. The van der Waals surface area contributed by atoms with Crippen LogP contribution in [0.1, 0.15) is 12.0 Å². The van der Waals surface area contributed by atoms with E-state index >= 15 is 0 Å². The number of carbonyl (C=O) groups excluding carboxylic acids is 1. The molecule has 0 bridgehead atoms. The number of fused-ring (bicyclic) bond motifs is 1. The normalized spacial score (nSPS) is 11.0. The minimum atomic E-state index is -0.429. The Hall–Kier alpha value is -3.01. The van der Waals surface area contributed by atoms with Crippen molar-refractivity contribution in [3.8, 4) is 5.75 Å². The molecule has 0 saturated carbocycles. The molecule has 0 spiro atoms. The predicted molar refractivity (Wildman–Crippen MR) is 111 cm³/mol. The van der Waals surface area contributed by atoms with Crippen molar-refractivity contribution in [2.24, 2.45) is 21.1 Å². The van der Waals surface area contributed by atoms with E-state index in [0.29, 0.717) is 29.5 Å². The Morgan fingerprint density at radius 2 is 1.93 bits per heavy atom. The van der Waals surface area contributed by atoms with Gasteiger partial charge in [-0.3, -0.25) is 18.7 Å². The summed E-state index contributed by atoms with van der Waals surface area (Å²) < 4.78 is 9.31. The second kappa shape index (κ2) is 8.56. The fraction of sp³-hybridized carbons (Fsp3) is 0.368. The molecule has 29 heavy (non-hydrogen) atoms. The Bertz CT molecular complexity index is 1180. The second-order valence-corrected chi connectivity index (χ2v) is 7.62. The molecule has 10 heteroatoms. The van der Waals surface area contributed by atoms with Crippen LogP contribution >= 0.6 is 11.8 Å². The molecule has 0 aliphatic rings. The highest BCUT2D eigenvalue weighted by Crippen LogP contribution is 2.20. The van der Waals surface area contributed by atoms with Crippen LogP contribution in [-0.2, 0) is 32.5 Å². The predicted octanol–water partition coefficient (Wildman–Crippen LogP) is 0.778. The summed E-state index contributed by atoms with van der Waals surface area (Å²) in [5, 5.41) is 3.46. The highest BCUT2D eigenvalue weighted by Gasteiger charge is 2.17. The summed E-state index contributed by atoms with van der Waals surface area (Å²) in [4.78, 5) is 40.9. The van der Waals surface area contributed by atoms with Gasteiger partial charge in [0, 0.05) is 39.9 Å². The zero-order valence-electron chi connectivity index (χ0n) is 16.8. The van der Waals surface area contributed by atoms with E-state index in [1.165, 1.54) is 23.4 Å². The van der Waals surface area contributed by atoms with Gasteiger partial charge in [0.25, 0.3) is 5.56 Å². The first-order valence-corrected chi connectivity index (χ1v) is 9.97. The van der Waals surface area contributed by atoms with Crippen LogP contribution in [0.5, 0.6) is 5.75 Å². The van der Waals surface area contributed by atoms with Gasteiger partial charge in [0.1, 0.15) is 5.75 Å². The molecule has 0 aliphatic carbocycles. The van der Waals surface area contributed by atoms with Crippen molar-refractivity contribution < 1.29 is 9.53 Å². The Morgan fingerprint density at radius 3 is 2.66 bits per heavy atom. The minimum Gasteiger partial charge on any atom is -0.497 e. The van der Waals surface area contributed by atoms with Crippen molar-refractivity contribution in [3.63, 3.8) is 0 Å². The molecule has 0 aliphatic heterocycles. The van der Waals surface area contributed by atoms with E-state index < -0.39 is 11.2 Å². The van der Waals surface area contributed by atoms with Crippen LogP contribution in [0, 0.1) is 0 Å². The summed E-state index contributed by atoms with van der Waals surface area (Å²) in [5.74, 6) is 1.16. The number of aromatic nitrogens is 4. The number of aryl methyl sites for hydroxylation is 2. The molecule has 9 nitrogen and oxygen atoms in total. The molecule has 0 fully saturated rings. The van der Waals surface area contributed by atoms with Crippen molar-refractivity contribution >= 4 is 28.8 Å². The number of methoxy groups -OCH3 is 1. The smallest absolute Gasteiger partial charge is 0.332 e. The second-order valence-electron chi connectivity index (χ2n) is 6.56. The lowest BCUT2D eigenvalue weighted by Gasteiger charge is -2.07. The quantitative estimate of drug-likeness (QED) is 0.570. The van der Waals surface area contributed by atoms with Gasteiger partial charge >= 0.3 is 5.69 Å². The average Bonchev–Trinajstić information content (AvgIpc) is 3.05. The molecule has 2 aromatic heterocycles. The lowest BCUT2D eigenvalue weighted by molar-refractivity contribution is -0.120. The highest BCUT2D eigenvalue weighted by molar-refractivity contribution is 7.99. The third-order valence-corrected chi connectivity index (χ3v) is 5.64. The number of imidazole rings is 1. The van der Waals surface area contributed by atoms with Crippen molar-refractivity contribution in [2.75, 3.05) is 12.9 Å². The third kappa shape index (κ3) is 4.21. The SMILES string of the molecule is COc1cccc(CNC(=O)CCSc2nc3c(=O)n(C)c(=O)n(C)c3n2C)c1. The van der Waals surface area contributed by atoms with E-state index in [1.54, 1.807) is 25.8 Å². The number of hydrogen-bond acceptors (Lipinski definition) is 6. The molecule has 3 rings (SSSR count). The molecule has 2 heterocycles. The first kappa shape index (κ1) is 20.7. The van der Waals surface area contributed by atoms with Crippen LogP contribution in [0.4, 0.5) is 0 Å². The summed E-state index contributed by atoms with van der Waals surface area (Å²) >= 11 is 1.37. The third-order valence-electron chi connectivity index (χ3n) is 4.61. The maximum absolute atomic E-state index is 12.3. The van der Waals surface area contributed by atoms with Crippen LogP contribution in [0.3, 0.4) is 0 Å². The van der Waals surface area contributed by atoms with Gasteiger partial charge in [0.15, 0.2) is 16.3 Å². The van der Waals surface area contributed by atoms with Gasteiger partial charge in [-0.25, -0.2) is 9.78 Å². The zero-order chi connectivity index (χ0) is 21.1. The number of nitrogens with zero attached hydrogens (tertiary/aromatic N) is 4. The highest BCUT2D eigenvalue weighted by atomic mass is 32.2. The number of amides is 1. The van der Waals surface area contributed by atoms with Crippen LogP contribution in [0.25, 0.3) is 11.2 Å². The molecule has 1 amide bonds. The topological polar surface area (TPSA) is 100 Å². The van der Waals surface area contributed by atoms with Crippen molar-refractivity contribution in [1.82, 2.24) is 24.0 Å². The van der Waals surface area contributed by atoms with Crippen LogP contribution < -0.4 is 21.3 Å². The Morgan fingerprint density at radius 1 is 1.17 bits per heavy atom. The number of carbonyl (C=O) groups is 1. The van der Waals surface area contributed by atoms with E-state index in [2.05, 4.69) is 10.3 Å². The molecule has 1 aromatic carbocycles. The fourth-order valence-electron chi connectivity index (χ4n) is 2.99. The van der Waals surface area contributed by atoms with E-state index in [0.717, 1.165) is 15.9 Å². The van der Waals surface area contributed by atoms with Crippen molar-refractivity contribution in [3.05, 3.63) is 50.7 Å². The molecule has 3 aromatic rings. The maximum atomic E-state index is 12.3. The largest absolute Gasteiger partial charge is 0.497 e. The Labute approximate surface area is 171 Å². The summed E-state index contributed by atoms with van der Waals surface area (Å²) in [7, 11) is 6.38. The monoisotopic (exact) mass is 417 g/mol. The molecule has 1 N–H and O–H groups in total. The van der Waals surface area contributed by atoms with Gasteiger partial charge in [0.2, 0.25) is 5.91 Å². The van der Waals surface area contributed by atoms with Crippen molar-refractivity contribution in [2.45, 2.75) is 18.1 Å². The number of thioether (sulfide) groups is 1. The summed E-state index contributed by atoms with van der Waals surface area (Å²) in [6, 6.07) is 7.52. The first-order chi connectivity index (χ1) is 13.8. The van der Waals surface area contributed by atoms with Gasteiger partial charge in [-0.05, 0) is 17.7 Å². The Kier molecular flexibility index (Phi) is 6.12. The van der Waals surface area contributed by atoms with E-state index in [-0.39, 0.29) is 11.4 Å². The van der Waals surface area contributed by atoms with Gasteiger partial charge < -0.3 is 14.6 Å². The molecular weight excluding hydrogens is 394 g/mol. The maximum Gasteiger partial charge on any atom is 0.332 e. The van der Waals surface area contributed by atoms with Crippen molar-refractivity contribution in [1.29, 1.82) is 0 Å². The first-order valence-electron chi connectivity index (χ1n) is 8.98. The average molecular weight is 417 g/mol. The molecule has 0 saturated heterocycles. The number of nitrogens with one attached hydrogen (secondary N) is 1. The Balaban J connectivity index is 1.62.